The van der Waals surface area contributed by atoms with Gasteiger partial charge >= 0.3 is 0 Å². The number of benzene rings is 2. The normalized spacial score (nSPS) is 16.3. The van der Waals surface area contributed by atoms with E-state index in [4.69, 9.17) is 4.99 Å². The molecule has 2 aromatic rings. The van der Waals surface area contributed by atoms with Crippen molar-refractivity contribution in [3.8, 4) is 0 Å². The van der Waals surface area contributed by atoms with Crippen molar-refractivity contribution in [2.75, 3.05) is 37.6 Å². The topological polar surface area (TPSA) is 42.9 Å². The highest BCUT2D eigenvalue weighted by Gasteiger charge is 2.11. The Hall–Kier alpha value is -2.06. The molecule has 0 radical (unpaired) electrons. The van der Waals surface area contributed by atoms with Crippen LogP contribution in [0.15, 0.2) is 65.7 Å². The van der Waals surface area contributed by atoms with Gasteiger partial charge < -0.3 is 15.5 Å². The van der Waals surface area contributed by atoms with E-state index in [-0.39, 0.29) is 24.0 Å². The van der Waals surface area contributed by atoms with Gasteiger partial charge in [-0.1, -0.05) is 48.6 Å². The fourth-order valence-corrected chi connectivity index (χ4v) is 4.20. The van der Waals surface area contributed by atoms with Crippen molar-refractivity contribution in [3.63, 3.8) is 0 Å². The Bertz CT molecular complexity index is 879. The molecule has 1 fully saturated rings. The molecule has 2 aliphatic rings. The number of halogens is 1. The van der Waals surface area contributed by atoms with Crippen molar-refractivity contribution in [1.29, 1.82) is 0 Å². The summed E-state index contributed by atoms with van der Waals surface area (Å²) in [5, 5.41) is 6.84. The predicted molar refractivity (Wildman–Crippen MR) is 146 cm³/mol. The zero-order valence-electron chi connectivity index (χ0n) is 19.1. The minimum absolute atomic E-state index is 0. The van der Waals surface area contributed by atoms with Crippen LogP contribution in [-0.4, -0.2) is 43.6 Å². The van der Waals surface area contributed by atoms with Crippen molar-refractivity contribution in [2.24, 2.45) is 4.99 Å². The number of likely N-dealkylation sites (tertiary alicyclic amines) is 1. The van der Waals surface area contributed by atoms with E-state index in [0.29, 0.717) is 6.54 Å². The number of nitrogens with zero attached hydrogens (tertiary/aromatic N) is 3. The van der Waals surface area contributed by atoms with Gasteiger partial charge in [0.2, 0.25) is 0 Å². The number of hydrogen-bond acceptors (Lipinski definition) is 3. The summed E-state index contributed by atoms with van der Waals surface area (Å²) >= 11 is 0. The number of rotatable bonds is 8. The third-order valence-corrected chi connectivity index (χ3v) is 5.95. The molecule has 0 bridgehead atoms. The second-order valence-corrected chi connectivity index (χ2v) is 8.39. The Morgan fingerprint density at radius 3 is 2.34 bits per heavy atom. The molecular weight excluding hydrogens is 509 g/mol. The van der Waals surface area contributed by atoms with Crippen LogP contribution in [-0.2, 0) is 19.6 Å². The molecule has 2 heterocycles. The zero-order chi connectivity index (χ0) is 21.3. The molecule has 0 amide bonds. The predicted octanol–water partition coefficient (Wildman–Crippen LogP) is 4.53. The molecule has 0 saturated carbocycles. The summed E-state index contributed by atoms with van der Waals surface area (Å²) in [5.41, 5.74) is 5.18. The number of nitrogens with one attached hydrogen (secondary N) is 2. The van der Waals surface area contributed by atoms with Crippen molar-refractivity contribution >= 4 is 35.6 Å². The van der Waals surface area contributed by atoms with Crippen molar-refractivity contribution in [2.45, 2.75) is 39.4 Å². The van der Waals surface area contributed by atoms with Gasteiger partial charge in [0, 0.05) is 38.4 Å². The van der Waals surface area contributed by atoms with Crippen LogP contribution < -0.4 is 15.5 Å². The highest BCUT2D eigenvalue weighted by molar-refractivity contribution is 14.0. The maximum atomic E-state index is 4.81. The first-order valence-corrected chi connectivity index (χ1v) is 11.6. The number of anilines is 1. The van der Waals surface area contributed by atoms with Crippen molar-refractivity contribution in [1.82, 2.24) is 15.5 Å². The quantitative estimate of drug-likeness (QED) is 0.222. The molecule has 32 heavy (non-hydrogen) atoms. The van der Waals surface area contributed by atoms with E-state index in [9.17, 15) is 0 Å². The van der Waals surface area contributed by atoms with E-state index in [2.05, 4.69) is 88.0 Å². The van der Waals surface area contributed by atoms with Crippen LogP contribution in [0, 0.1) is 0 Å². The highest BCUT2D eigenvalue weighted by Crippen LogP contribution is 2.19. The lowest BCUT2D eigenvalue weighted by Gasteiger charge is -2.18. The smallest absolute Gasteiger partial charge is 0.191 e. The summed E-state index contributed by atoms with van der Waals surface area (Å²) in [5.74, 6) is 0.858. The van der Waals surface area contributed by atoms with Gasteiger partial charge in [-0.3, -0.25) is 4.90 Å². The van der Waals surface area contributed by atoms with Gasteiger partial charge in [-0.05, 0) is 61.7 Å². The third-order valence-electron chi connectivity index (χ3n) is 5.95. The van der Waals surface area contributed by atoms with Crippen LogP contribution >= 0.6 is 24.0 Å². The summed E-state index contributed by atoms with van der Waals surface area (Å²) in [6.07, 6.45) is 7.12. The van der Waals surface area contributed by atoms with Crippen LogP contribution in [0.25, 0.3) is 0 Å². The molecule has 0 unspecified atom stereocenters. The first-order chi connectivity index (χ1) is 15.3. The average Bonchev–Trinajstić information content (AvgIpc) is 3.51. The van der Waals surface area contributed by atoms with Crippen LogP contribution in [0.3, 0.4) is 0 Å². The second-order valence-electron chi connectivity index (χ2n) is 8.39. The minimum Gasteiger partial charge on any atom is -0.364 e. The molecule has 0 aliphatic carbocycles. The largest absolute Gasteiger partial charge is 0.364 e. The lowest BCUT2D eigenvalue weighted by Crippen LogP contribution is -2.36. The average molecular weight is 546 g/mol. The van der Waals surface area contributed by atoms with Crippen molar-refractivity contribution < 1.29 is 0 Å². The van der Waals surface area contributed by atoms with Crippen LogP contribution in [0.5, 0.6) is 0 Å². The zero-order valence-corrected chi connectivity index (χ0v) is 21.4. The lowest BCUT2D eigenvalue weighted by atomic mass is 10.1. The fourth-order valence-electron chi connectivity index (χ4n) is 4.20. The minimum atomic E-state index is 0. The Morgan fingerprint density at radius 2 is 1.62 bits per heavy atom. The molecule has 0 spiro atoms. The standard InChI is InChI=1S/C26H35N5.HI/c1-2-27-26(29-20-24-8-7-9-25(18-24)31-16-5-6-17-31)28-19-22-10-12-23(13-11-22)21-30-14-3-4-15-30;/h5-13,18H,2-4,14-17,19-21H2,1H3,(H2,27,28,29);1H. The van der Waals surface area contributed by atoms with Crippen LogP contribution in [0.2, 0.25) is 0 Å². The summed E-state index contributed by atoms with van der Waals surface area (Å²) in [6, 6.07) is 17.7. The maximum absolute atomic E-state index is 4.81. The monoisotopic (exact) mass is 545 g/mol. The second kappa shape index (κ2) is 12.8. The Morgan fingerprint density at radius 1 is 0.906 bits per heavy atom. The molecule has 0 aromatic heterocycles. The van der Waals surface area contributed by atoms with Crippen LogP contribution in [0.4, 0.5) is 5.69 Å². The van der Waals surface area contributed by atoms with Gasteiger partial charge in [0.25, 0.3) is 0 Å². The third kappa shape index (κ3) is 7.24. The molecule has 2 aliphatic heterocycles. The molecule has 2 N–H and O–H groups in total. The van der Waals surface area contributed by atoms with Gasteiger partial charge in [0.15, 0.2) is 5.96 Å². The molecule has 6 heteroatoms. The number of aliphatic imine (C=N–C) groups is 1. The fraction of sp³-hybridized carbons (Fsp3) is 0.423. The number of guanidine groups is 1. The Kier molecular flexibility index (Phi) is 9.87. The van der Waals surface area contributed by atoms with Gasteiger partial charge in [-0.25, -0.2) is 4.99 Å². The molecular formula is C26H36IN5. The molecule has 4 rings (SSSR count). The van der Waals surface area contributed by atoms with Crippen molar-refractivity contribution in [3.05, 3.63) is 77.4 Å². The van der Waals surface area contributed by atoms with Crippen LogP contribution in [0.1, 0.15) is 36.5 Å². The summed E-state index contributed by atoms with van der Waals surface area (Å²) in [7, 11) is 0. The van der Waals surface area contributed by atoms with Gasteiger partial charge in [-0.15, -0.1) is 24.0 Å². The first-order valence-electron chi connectivity index (χ1n) is 11.6. The van der Waals surface area contributed by atoms with E-state index in [1.165, 1.54) is 48.3 Å². The van der Waals surface area contributed by atoms with E-state index >= 15 is 0 Å². The Balaban J connectivity index is 0.00000289. The Labute approximate surface area is 210 Å². The van der Waals surface area contributed by atoms with Gasteiger partial charge in [-0.2, -0.15) is 0 Å². The molecule has 1 saturated heterocycles. The molecule has 0 atom stereocenters. The summed E-state index contributed by atoms with van der Waals surface area (Å²) in [4.78, 5) is 9.71. The SMILES string of the molecule is CCNC(=NCc1cccc(N2CC=CC2)c1)NCc1ccc(CN2CCCC2)cc1.I. The maximum Gasteiger partial charge on any atom is 0.191 e. The molecule has 5 nitrogen and oxygen atoms in total. The van der Waals surface area contributed by atoms with E-state index in [1.54, 1.807) is 0 Å². The van der Waals surface area contributed by atoms with Gasteiger partial charge in [0.1, 0.15) is 0 Å². The van der Waals surface area contributed by atoms with Gasteiger partial charge in [0.05, 0.1) is 6.54 Å². The van der Waals surface area contributed by atoms with E-state index in [0.717, 1.165) is 38.7 Å². The van der Waals surface area contributed by atoms with E-state index < -0.39 is 0 Å². The molecule has 2 aromatic carbocycles. The lowest BCUT2D eigenvalue weighted by molar-refractivity contribution is 0.331. The molecule has 172 valence electrons. The number of hydrogen-bond donors (Lipinski definition) is 2. The first kappa shape index (κ1) is 24.6. The highest BCUT2D eigenvalue weighted by atomic mass is 127. The van der Waals surface area contributed by atoms with E-state index in [1.807, 2.05) is 0 Å². The summed E-state index contributed by atoms with van der Waals surface area (Å²) < 4.78 is 0. The summed E-state index contributed by atoms with van der Waals surface area (Å²) in [6.45, 7) is 9.93.